The number of halogens is 3. The molecule has 0 spiro atoms. The molecule has 0 aliphatic heterocycles. The van der Waals surface area contributed by atoms with Gasteiger partial charge in [0.05, 0.1) is 18.7 Å². The summed E-state index contributed by atoms with van der Waals surface area (Å²) in [6, 6.07) is 0. The maximum Gasteiger partial charge on any atom is 0.411 e. The lowest BCUT2D eigenvalue weighted by Crippen LogP contribution is -2.17. The highest BCUT2D eigenvalue weighted by atomic mass is 32.1. The summed E-state index contributed by atoms with van der Waals surface area (Å²) in [6.45, 7) is -1.37. The molecule has 0 atom stereocenters. The van der Waals surface area contributed by atoms with Gasteiger partial charge in [-0.3, -0.25) is 0 Å². The Hall–Kier alpha value is -1.15. The van der Waals surface area contributed by atoms with Crippen LogP contribution in [0.1, 0.15) is 15.5 Å². The number of hydrogen-bond acceptors (Lipinski definition) is 5. The Morgan fingerprint density at radius 3 is 2.82 bits per heavy atom. The van der Waals surface area contributed by atoms with Crippen LogP contribution in [0.4, 0.5) is 13.2 Å². The topological polar surface area (TPSA) is 48.4 Å². The zero-order valence-corrected chi connectivity index (χ0v) is 9.73. The van der Waals surface area contributed by atoms with Crippen molar-refractivity contribution in [1.29, 1.82) is 0 Å². The standard InChI is InChI=1S/C9H10F3NO3S/c1-15-8(14)6-4-17-7(13-6)2-3-16-5-9(10,11)12/h4H,2-3,5H2,1H3. The average molecular weight is 269 g/mol. The van der Waals surface area contributed by atoms with Gasteiger partial charge < -0.3 is 9.47 Å². The number of thiazole rings is 1. The smallest absolute Gasteiger partial charge is 0.411 e. The van der Waals surface area contributed by atoms with Crippen molar-refractivity contribution < 1.29 is 27.4 Å². The zero-order valence-electron chi connectivity index (χ0n) is 8.91. The van der Waals surface area contributed by atoms with Crippen LogP contribution in [-0.2, 0) is 15.9 Å². The number of carbonyl (C=O) groups is 1. The molecule has 96 valence electrons. The van der Waals surface area contributed by atoms with E-state index >= 15 is 0 Å². The van der Waals surface area contributed by atoms with Crippen molar-refractivity contribution in [3.63, 3.8) is 0 Å². The predicted molar refractivity (Wildman–Crippen MR) is 54.0 cm³/mol. The summed E-state index contributed by atoms with van der Waals surface area (Å²) >= 11 is 1.18. The highest BCUT2D eigenvalue weighted by molar-refractivity contribution is 7.09. The molecule has 17 heavy (non-hydrogen) atoms. The van der Waals surface area contributed by atoms with Crippen LogP contribution in [0, 0.1) is 0 Å². The minimum atomic E-state index is -4.32. The highest BCUT2D eigenvalue weighted by Crippen LogP contribution is 2.15. The second-order valence-corrected chi connectivity index (χ2v) is 3.98. The lowest BCUT2D eigenvalue weighted by molar-refractivity contribution is -0.173. The van der Waals surface area contributed by atoms with E-state index in [-0.39, 0.29) is 18.7 Å². The second-order valence-electron chi connectivity index (χ2n) is 3.04. The fourth-order valence-electron chi connectivity index (χ4n) is 0.971. The molecule has 0 amide bonds. The molecule has 0 aromatic carbocycles. The fourth-order valence-corrected chi connectivity index (χ4v) is 1.72. The first-order valence-corrected chi connectivity index (χ1v) is 5.47. The van der Waals surface area contributed by atoms with Gasteiger partial charge in [-0.05, 0) is 0 Å². The lowest BCUT2D eigenvalue weighted by atomic mass is 10.4. The fraction of sp³-hybridized carbons (Fsp3) is 0.556. The summed E-state index contributed by atoms with van der Waals surface area (Å²) in [6.07, 6.45) is -4.09. The second kappa shape index (κ2) is 5.97. The van der Waals surface area contributed by atoms with E-state index in [0.717, 1.165) is 0 Å². The number of alkyl halides is 3. The van der Waals surface area contributed by atoms with E-state index < -0.39 is 18.8 Å². The molecule has 1 heterocycles. The van der Waals surface area contributed by atoms with Crippen LogP contribution in [-0.4, -0.2) is 37.5 Å². The third-order valence-corrected chi connectivity index (χ3v) is 2.58. The first kappa shape index (κ1) is 13.9. The number of rotatable bonds is 5. The van der Waals surface area contributed by atoms with Crippen LogP contribution in [0.2, 0.25) is 0 Å². The molecule has 1 aromatic heterocycles. The molecule has 1 aromatic rings. The van der Waals surface area contributed by atoms with Gasteiger partial charge in [-0.25, -0.2) is 9.78 Å². The van der Waals surface area contributed by atoms with Crippen molar-refractivity contribution in [1.82, 2.24) is 4.98 Å². The molecule has 8 heteroatoms. The predicted octanol–water partition coefficient (Wildman–Crippen LogP) is 2.05. The number of ether oxygens (including phenoxy) is 2. The van der Waals surface area contributed by atoms with E-state index in [1.807, 2.05) is 0 Å². The average Bonchev–Trinajstić information content (AvgIpc) is 2.70. The maximum atomic E-state index is 11.7. The van der Waals surface area contributed by atoms with E-state index in [1.54, 1.807) is 0 Å². The van der Waals surface area contributed by atoms with E-state index in [4.69, 9.17) is 0 Å². The quantitative estimate of drug-likeness (QED) is 0.606. The van der Waals surface area contributed by atoms with E-state index in [0.29, 0.717) is 5.01 Å². The molecule has 4 nitrogen and oxygen atoms in total. The molecule has 0 saturated heterocycles. The summed E-state index contributed by atoms with van der Waals surface area (Å²) in [7, 11) is 1.23. The van der Waals surface area contributed by atoms with Crippen molar-refractivity contribution in [2.24, 2.45) is 0 Å². The van der Waals surface area contributed by atoms with Crippen molar-refractivity contribution in [3.8, 4) is 0 Å². The van der Waals surface area contributed by atoms with Crippen LogP contribution in [0.5, 0.6) is 0 Å². The van der Waals surface area contributed by atoms with Crippen molar-refractivity contribution in [2.45, 2.75) is 12.6 Å². The monoisotopic (exact) mass is 269 g/mol. The van der Waals surface area contributed by atoms with E-state index in [1.165, 1.54) is 23.8 Å². The summed E-state index contributed by atoms with van der Waals surface area (Å²) < 4.78 is 44.1. The number of esters is 1. The molecular weight excluding hydrogens is 259 g/mol. The van der Waals surface area contributed by atoms with Crippen LogP contribution in [0.25, 0.3) is 0 Å². The molecule has 0 bridgehead atoms. The Kier molecular flexibility index (Phi) is 4.88. The van der Waals surface area contributed by atoms with Gasteiger partial charge in [-0.15, -0.1) is 11.3 Å². The van der Waals surface area contributed by atoms with Gasteiger partial charge in [0.15, 0.2) is 5.69 Å². The highest BCUT2D eigenvalue weighted by Gasteiger charge is 2.27. The van der Waals surface area contributed by atoms with Crippen LogP contribution in [0.15, 0.2) is 5.38 Å². The summed E-state index contributed by atoms with van der Waals surface area (Å²) in [4.78, 5) is 14.9. The molecular formula is C9H10F3NO3S. The summed E-state index contributed by atoms with van der Waals surface area (Å²) in [5.74, 6) is -0.566. The molecule has 0 N–H and O–H groups in total. The zero-order chi connectivity index (χ0) is 12.9. The first-order chi connectivity index (χ1) is 7.92. The largest absolute Gasteiger partial charge is 0.464 e. The molecule has 0 aliphatic carbocycles. The van der Waals surface area contributed by atoms with Gasteiger partial charge >= 0.3 is 12.1 Å². The number of methoxy groups -OCH3 is 1. The number of nitrogens with zero attached hydrogens (tertiary/aromatic N) is 1. The van der Waals surface area contributed by atoms with E-state index in [2.05, 4.69) is 14.5 Å². The van der Waals surface area contributed by atoms with Gasteiger partial charge in [-0.2, -0.15) is 13.2 Å². The van der Waals surface area contributed by atoms with Crippen molar-refractivity contribution in [2.75, 3.05) is 20.3 Å². The van der Waals surface area contributed by atoms with Gasteiger partial charge in [0.2, 0.25) is 0 Å². The molecule has 0 fully saturated rings. The van der Waals surface area contributed by atoms with Gasteiger partial charge in [-0.1, -0.05) is 0 Å². The minimum Gasteiger partial charge on any atom is -0.464 e. The third kappa shape index (κ3) is 5.14. The number of carbonyl (C=O) groups excluding carboxylic acids is 1. The molecule has 0 unspecified atom stereocenters. The summed E-state index contributed by atoms with van der Waals surface area (Å²) in [5, 5.41) is 2.03. The maximum absolute atomic E-state index is 11.7. The number of hydrogen-bond donors (Lipinski definition) is 0. The van der Waals surface area contributed by atoms with Crippen molar-refractivity contribution in [3.05, 3.63) is 16.1 Å². The van der Waals surface area contributed by atoms with Gasteiger partial charge in [0.1, 0.15) is 6.61 Å². The van der Waals surface area contributed by atoms with E-state index in [9.17, 15) is 18.0 Å². The van der Waals surface area contributed by atoms with Crippen LogP contribution < -0.4 is 0 Å². The Labute approximate surface area is 99.4 Å². The molecule has 0 saturated carbocycles. The summed E-state index contributed by atoms with van der Waals surface area (Å²) in [5.41, 5.74) is 0.156. The van der Waals surface area contributed by atoms with Gasteiger partial charge in [0.25, 0.3) is 0 Å². The Morgan fingerprint density at radius 2 is 2.24 bits per heavy atom. The van der Waals surface area contributed by atoms with Crippen LogP contribution >= 0.6 is 11.3 Å². The van der Waals surface area contributed by atoms with Crippen LogP contribution in [0.3, 0.4) is 0 Å². The Balaban J connectivity index is 2.33. The SMILES string of the molecule is COC(=O)c1csc(CCOCC(F)(F)F)n1. The normalized spacial score (nSPS) is 11.5. The molecule has 0 aliphatic rings. The first-order valence-electron chi connectivity index (χ1n) is 4.59. The molecule has 0 radical (unpaired) electrons. The Bertz CT molecular complexity index is 378. The lowest BCUT2D eigenvalue weighted by Gasteiger charge is -2.05. The third-order valence-electron chi connectivity index (χ3n) is 1.67. The van der Waals surface area contributed by atoms with Crippen molar-refractivity contribution >= 4 is 17.3 Å². The van der Waals surface area contributed by atoms with Gasteiger partial charge in [0, 0.05) is 11.8 Å². The number of aromatic nitrogens is 1. The minimum absolute atomic E-state index is 0.0896. The Morgan fingerprint density at radius 1 is 1.53 bits per heavy atom. The molecule has 1 rings (SSSR count).